The molecule has 8 nitrogen and oxygen atoms in total. The second-order valence-corrected chi connectivity index (χ2v) is 5.21. The number of amides is 1. The van der Waals surface area contributed by atoms with E-state index in [-0.39, 0.29) is 0 Å². The lowest BCUT2D eigenvalue weighted by atomic mass is 10.2. The first-order chi connectivity index (χ1) is 12.9. The average Bonchev–Trinajstić information content (AvgIpc) is 3.09. The number of nitrogens with zero attached hydrogens (tertiary/aromatic N) is 1. The number of carbonyl (C=O) groups is 3. The van der Waals surface area contributed by atoms with Crippen LogP contribution in [0, 0.1) is 0 Å². The number of nitrogens with one attached hydrogen (secondary N) is 1. The first-order valence-corrected chi connectivity index (χ1v) is 7.67. The lowest BCUT2D eigenvalue weighted by Crippen LogP contribution is -2.23. The third kappa shape index (κ3) is 5.46. The molecule has 2 aromatic carbocycles. The van der Waals surface area contributed by atoms with Crippen molar-refractivity contribution in [2.24, 2.45) is 0 Å². The zero-order valence-corrected chi connectivity index (χ0v) is 13.9. The number of aliphatic carboxylic acids is 2. The first kappa shape index (κ1) is 19.3. The summed E-state index contributed by atoms with van der Waals surface area (Å²) in [7, 11) is 0. The van der Waals surface area contributed by atoms with E-state index < -0.39 is 18.0 Å². The van der Waals surface area contributed by atoms with Crippen LogP contribution in [0.5, 0.6) is 0 Å². The van der Waals surface area contributed by atoms with Gasteiger partial charge in [0.15, 0.2) is 0 Å². The number of anilines is 2. The molecular formula is C19H16N2O6. The van der Waals surface area contributed by atoms with E-state index in [0.29, 0.717) is 23.5 Å². The molecule has 0 saturated heterocycles. The monoisotopic (exact) mass is 368 g/mol. The Morgan fingerprint density at radius 1 is 0.815 bits per heavy atom. The molecule has 8 heteroatoms. The Morgan fingerprint density at radius 2 is 1.44 bits per heavy atom. The van der Waals surface area contributed by atoms with E-state index in [9.17, 15) is 19.5 Å². The van der Waals surface area contributed by atoms with Crippen LogP contribution in [-0.2, 0) is 9.59 Å². The van der Waals surface area contributed by atoms with Crippen molar-refractivity contribution in [3.05, 3.63) is 72.9 Å². The first-order valence-electron chi connectivity index (χ1n) is 7.67. The Hall–Kier alpha value is -4.07. The van der Waals surface area contributed by atoms with Crippen molar-refractivity contribution in [1.29, 1.82) is 0 Å². The van der Waals surface area contributed by atoms with E-state index in [1.165, 1.54) is 4.90 Å². The van der Waals surface area contributed by atoms with Crippen LogP contribution >= 0.6 is 0 Å². The number of carboxylic acids is 2. The summed E-state index contributed by atoms with van der Waals surface area (Å²) in [5.41, 5.74) is 2.16. The molecule has 0 saturated carbocycles. The molecule has 138 valence electrons. The van der Waals surface area contributed by atoms with Crippen LogP contribution in [0.25, 0.3) is 10.9 Å². The van der Waals surface area contributed by atoms with Gasteiger partial charge < -0.3 is 20.3 Å². The minimum atomic E-state index is -1.26. The highest BCUT2D eigenvalue weighted by Gasteiger charge is 2.16. The number of aromatic nitrogens is 1. The maximum Gasteiger partial charge on any atom is 0.416 e. The lowest BCUT2D eigenvalue weighted by molar-refractivity contribution is -0.134. The molecule has 0 aliphatic carbocycles. The van der Waals surface area contributed by atoms with Crippen LogP contribution in [0.15, 0.2) is 72.9 Å². The van der Waals surface area contributed by atoms with Crippen LogP contribution in [0.1, 0.15) is 0 Å². The van der Waals surface area contributed by atoms with Crippen molar-refractivity contribution < 1.29 is 29.7 Å². The van der Waals surface area contributed by atoms with Crippen molar-refractivity contribution in [3.63, 3.8) is 0 Å². The molecule has 1 heterocycles. The smallest absolute Gasteiger partial charge is 0.416 e. The largest absolute Gasteiger partial charge is 0.478 e. The third-order valence-electron chi connectivity index (χ3n) is 3.37. The molecule has 0 spiro atoms. The Kier molecular flexibility index (Phi) is 6.32. The van der Waals surface area contributed by atoms with E-state index in [0.717, 1.165) is 10.9 Å². The van der Waals surface area contributed by atoms with E-state index >= 15 is 0 Å². The van der Waals surface area contributed by atoms with Gasteiger partial charge in [0, 0.05) is 23.9 Å². The van der Waals surface area contributed by atoms with E-state index in [4.69, 9.17) is 10.2 Å². The minimum absolute atomic E-state index is 0.558. The van der Waals surface area contributed by atoms with Gasteiger partial charge in [0.25, 0.3) is 0 Å². The number of aromatic amines is 1. The lowest BCUT2D eigenvalue weighted by Gasteiger charge is -2.19. The van der Waals surface area contributed by atoms with Crippen molar-refractivity contribution in [2.75, 3.05) is 4.90 Å². The zero-order valence-electron chi connectivity index (χ0n) is 13.9. The SMILES string of the molecule is O=C(O)/C=C/C(=O)O.O=C(O)N(c1ccccc1)c1ccc2cc[nH]c2c1. The molecule has 0 fully saturated rings. The molecule has 1 aromatic heterocycles. The quantitative estimate of drug-likeness (QED) is 0.519. The molecule has 3 rings (SSSR count). The molecule has 0 bridgehead atoms. The summed E-state index contributed by atoms with van der Waals surface area (Å²) in [5, 5.41) is 26.1. The Labute approximate surface area is 153 Å². The van der Waals surface area contributed by atoms with Crippen LogP contribution in [-0.4, -0.2) is 38.3 Å². The van der Waals surface area contributed by atoms with E-state index in [1.54, 1.807) is 18.2 Å². The summed E-state index contributed by atoms with van der Waals surface area (Å²) >= 11 is 0. The van der Waals surface area contributed by atoms with Crippen LogP contribution in [0.3, 0.4) is 0 Å². The molecule has 0 aliphatic rings. The number of benzene rings is 2. The molecule has 3 aromatic rings. The number of rotatable bonds is 4. The van der Waals surface area contributed by atoms with Crippen molar-refractivity contribution in [1.82, 2.24) is 4.98 Å². The normalized spacial score (nSPS) is 10.2. The Bertz CT molecular complexity index is 962. The second kappa shape index (κ2) is 8.86. The maximum absolute atomic E-state index is 11.5. The fourth-order valence-electron chi connectivity index (χ4n) is 2.26. The standard InChI is InChI=1S/C15H12N2O2.C4H4O4/c18-15(19)17(12-4-2-1-3-5-12)13-7-6-11-8-9-16-14(11)10-13;5-3(6)1-2-4(7)8/h1-10,16H,(H,18,19);1-2H,(H,5,6)(H,7,8)/b;2-1+. The number of hydrogen-bond donors (Lipinski definition) is 4. The Balaban J connectivity index is 0.000000279. The molecular weight excluding hydrogens is 352 g/mol. The van der Waals surface area contributed by atoms with Gasteiger partial charge >= 0.3 is 18.0 Å². The number of hydrogen-bond acceptors (Lipinski definition) is 3. The van der Waals surface area contributed by atoms with Gasteiger partial charge in [-0.3, -0.25) is 0 Å². The summed E-state index contributed by atoms with van der Waals surface area (Å²) < 4.78 is 0. The summed E-state index contributed by atoms with van der Waals surface area (Å²) in [6, 6.07) is 16.5. The molecule has 0 radical (unpaired) electrons. The van der Waals surface area contributed by atoms with Gasteiger partial charge in [-0.25, -0.2) is 19.3 Å². The van der Waals surface area contributed by atoms with Crippen molar-refractivity contribution in [2.45, 2.75) is 0 Å². The highest BCUT2D eigenvalue weighted by molar-refractivity contribution is 5.97. The van der Waals surface area contributed by atoms with Crippen LogP contribution < -0.4 is 4.90 Å². The topological polar surface area (TPSA) is 131 Å². The highest BCUT2D eigenvalue weighted by Crippen LogP contribution is 2.28. The van der Waals surface area contributed by atoms with Crippen LogP contribution in [0.4, 0.5) is 16.2 Å². The van der Waals surface area contributed by atoms with Gasteiger partial charge in [0.1, 0.15) is 0 Å². The van der Waals surface area contributed by atoms with Gasteiger partial charge in [-0.05, 0) is 35.7 Å². The van der Waals surface area contributed by atoms with Crippen molar-refractivity contribution >= 4 is 40.3 Å². The minimum Gasteiger partial charge on any atom is -0.478 e. The number of para-hydroxylation sites is 1. The predicted molar refractivity (Wildman–Crippen MR) is 99.3 cm³/mol. The molecule has 0 atom stereocenters. The molecule has 1 amide bonds. The van der Waals surface area contributed by atoms with Gasteiger partial charge in [0.2, 0.25) is 0 Å². The zero-order chi connectivity index (χ0) is 19.8. The van der Waals surface area contributed by atoms with Gasteiger partial charge in [-0.15, -0.1) is 0 Å². The summed E-state index contributed by atoms with van der Waals surface area (Å²) in [6.07, 6.45) is 1.95. The highest BCUT2D eigenvalue weighted by atomic mass is 16.4. The third-order valence-corrected chi connectivity index (χ3v) is 3.37. The van der Waals surface area contributed by atoms with Gasteiger partial charge in [-0.1, -0.05) is 24.3 Å². The predicted octanol–water partition coefficient (Wildman–Crippen LogP) is 3.70. The summed E-state index contributed by atoms with van der Waals surface area (Å²) in [5.74, 6) is -2.51. The summed E-state index contributed by atoms with van der Waals surface area (Å²) in [4.78, 5) is 34.9. The van der Waals surface area contributed by atoms with Gasteiger partial charge in [-0.2, -0.15) is 0 Å². The van der Waals surface area contributed by atoms with Gasteiger partial charge in [0.05, 0.1) is 11.4 Å². The van der Waals surface area contributed by atoms with Crippen LogP contribution in [0.2, 0.25) is 0 Å². The van der Waals surface area contributed by atoms with Crippen molar-refractivity contribution in [3.8, 4) is 0 Å². The maximum atomic E-state index is 11.5. The number of H-pyrrole nitrogens is 1. The number of fused-ring (bicyclic) bond motifs is 1. The summed E-state index contributed by atoms with van der Waals surface area (Å²) in [6.45, 7) is 0. The molecule has 0 aliphatic heterocycles. The molecule has 0 unspecified atom stereocenters. The second-order valence-electron chi connectivity index (χ2n) is 5.21. The fourth-order valence-corrected chi connectivity index (χ4v) is 2.26. The fraction of sp³-hybridized carbons (Fsp3) is 0. The average molecular weight is 368 g/mol. The molecule has 4 N–H and O–H groups in total. The Morgan fingerprint density at radius 3 is 2.00 bits per heavy atom. The van der Waals surface area contributed by atoms with E-state index in [1.807, 2.05) is 42.6 Å². The number of carboxylic acid groups (broad SMARTS) is 3. The molecule has 27 heavy (non-hydrogen) atoms. The van der Waals surface area contributed by atoms with E-state index in [2.05, 4.69) is 4.98 Å².